The van der Waals surface area contributed by atoms with Crippen LogP contribution in [-0.2, 0) is 0 Å². The lowest BCUT2D eigenvalue weighted by Gasteiger charge is -1.73. The van der Waals surface area contributed by atoms with Gasteiger partial charge in [0, 0.05) is 0 Å². The van der Waals surface area contributed by atoms with Crippen molar-refractivity contribution in [2.24, 2.45) is 0 Å². The first-order chi connectivity index (χ1) is 1.91. The van der Waals surface area contributed by atoms with Crippen molar-refractivity contribution in [3.8, 4) is 0 Å². The van der Waals surface area contributed by atoms with E-state index in [9.17, 15) is 0 Å². The van der Waals surface area contributed by atoms with E-state index in [-0.39, 0.29) is 0 Å². The average Bonchev–Trinajstić information content (AvgIpc) is 1.37. The lowest BCUT2D eigenvalue weighted by molar-refractivity contribution is 2.27. The minimum absolute atomic E-state index is 1.18. The van der Waals surface area contributed by atoms with Crippen LogP contribution in [0.4, 0.5) is 0 Å². The van der Waals surface area contributed by atoms with Gasteiger partial charge < -0.3 is 11.3 Å². The molecule has 0 saturated heterocycles. The third-order valence-electron chi connectivity index (χ3n) is 0.0913. The molecule has 0 aliphatic rings. The van der Waals surface area contributed by atoms with Crippen LogP contribution in [-0.4, -0.2) is 5.87 Å². The monoisotopic (exact) mass is 53.0 g/mol. The first-order valence-corrected chi connectivity index (χ1v) is 0.921. The maximum atomic E-state index is 7.51. The third-order valence-corrected chi connectivity index (χ3v) is 0.0913. The summed E-state index contributed by atoms with van der Waals surface area (Å²) in [6.45, 7) is 3.12. The second kappa shape index (κ2) is 2.32. The summed E-state index contributed by atoms with van der Waals surface area (Å²) in [5.41, 5.74) is 0. The van der Waals surface area contributed by atoms with Gasteiger partial charge in [-0.2, -0.15) is 0 Å². The molecule has 0 N–H and O–H groups in total. The first-order valence-electron chi connectivity index (χ1n) is 0.921. The zero-order valence-corrected chi connectivity index (χ0v) is 2.23. The molecule has 1 heteroatoms. The van der Waals surface area contributed by atoms with E-state index >= 15 is 0 Å². The molecule has 22 valence electrons. The zero-order chi connectivity index (χ0) is 3.41. The summed E-state index contributed by atoms with van der Waals surface area (Å²) in [5.74, 6) is 1.69. The summed E-state index contributed by atoms with van der Waals surface area (Å²) in [6, 6.07) is 0. The Morgan fingerprint density at radius 2 is 2.25 bits per heavy atom. The predicted molar refractivity (Wildman–Crippen MR) is 18.3 cm³/mol. The number of nitrogens with zero attached hydrogens (tertiary/aromatic N) is 1. The second-order valence-electron chi connectivity index (χ2n) is 0.333. The lowest BCUT2D eigenvalue weighted by Crippen LogP contribution is -1.29. The van der Waals surface area contributed by atoms with Crippen molar-refractivity contribution in [1.29, 1.82) is 0 Å². The quantitative estimate of drug-likeness (QED) is 0.285. The second-order valence-corrected chi connectivity index (χ2v) is 0.333. The Hall–Kier alpha value is -0.680. The molecule has 0 aromatic heterocycles. The fraction of sp³-hybridized carbons (Fsp3) is 0. The number of hydrogen-bond donors (Lipinski definition) is 0. The molecular formula is C3H3N-2. The zero-order valence-electron chi connectivity index (χ0n) is 2.23. The van der Waals surface area contributed by atoms with Gasteiger partial charge in [-0.15, -0.1) is 0 Å². The van der Waals surface area contributed by atoms with Crippen molar-refractivity contribution in [3.63, 3.8) is 0 Å². The summed E-state index contributed by atoms with van der Waals surface area (Å²) in [4.78, 5) is 0. The summed E-state index contributed by atoms with van der Waals surface area (Å²) in [7, 11) is 0. The predicted octanol–water partition coefficient (Wildman–Crippen LogP) is 0.616. The van der Waals surface area contributed by atoms with Gasteiger partial charge in [0.05, 0.1) is 0 Å². The molecule has 0 aromatic rings. The van der Waals surface area contributed by atoms with E-state index in [4.69, 9.17) is 5.41 Å². The molecule has 1 nitrogen and oxygen atoms in total. The fourth-order valence-corrected chi connectivity index (χ4v) is 0. The summed E-state index contributed by atoms with van der Waals surface area (Å²) in [6.07, 6.45) is 1.18. The minimum atomic E-state index is 1.18. The van der Waals surface area contributed by atoms with Crippen LogP contribution in [0.15, 0.2) is 6.08 Å². The molecule has 0 aliphatic carbocycles. The van der Waals surface area contributed by atoms with E-state index in [1.807, 2.05) is 0 Å². The molecule has 0 spiro atoms. The summed E-state index contributed by atoms with van der Waals surface area (Å²) in [5, 5.41) is 7.51. The number of rotatable bonds is 0. The Morgan fingerprint density at radius 3 is 2.25 bits per heavy atom. The fourth-order valence-electron chi connectivity index (χ4n) is 0. The van der Waals surface area contributed by atoms with E-state index in [0.717, 1.165) is 0 Å². The molecule has 0 fully saturated rings. The molecule has 0 bridgehead atoms. The highest BCUT2D eigenvalue weighted by Crippen LogP contribution is 1.36. The molecule has 4 heavy (non-hydrogen) atoms. The maximum Gasteiger partial charge on any atom is -0.234 e. The number of hydrogen-bond acceptors (Lipinski definition) is 0. The largest absolute Gasteiger partial charge is 0.885 e. The number of allylic oxidation sites excluding steroid dienone is 1. The topological polar surface area (TPSA) is 22.3 Å². The smallest absolute Gasteiger partial charge is 0.234 e. The Kier molecular flexibility index (Phi) is 1.93. The van der Waals surface area contributed by atoms with Crippen LogP contribution in [0.2, 0.25) is 0 Å². The van der Waals surface area contributed by atoms with Crippen molar-refractivity contribution < 1.29 is 0 Å². The SMILES string of the molecule is [CH2-]C=C=[N-]. The Morgan fingerprint density at radius 1 is 2.00 bits per heavy atom. The van der Waals surface area contributed by atoms with E-state index in [0.29, 0.717) is 0 Å². The lowest BCUT2D eigenvalue weighted by atomic mass is 10.8. The molecule has 0 rings (SSSR count). The van der Waals surface area contributed by atoms with Gasteiger partial charge in [-0.25, -0.2) is 13.0 Å². The van der Waals surface area contributed by atoms with Crippen LogP contribution in [0.1, 0.15) is 0 Å². The Balaban J connectivity index is 3.11. The van der Waals surface area contributed by atoms with Crippen molar-refractivity contribution in [1.82, 2.24) is 0 Å². The molecule has 0 saturated carbocycles. The van der Waals surface area contributed by atoms with E-state index in [2.05, 4.69) is 6.92 Å². The molecule has 0 radical (unpaired) electrons. The maximum absolute atomic E-state index is 7.51. The molecule has 0 amide bonds. The molecular weight excluding hydrogens is 50.0 g/mol. The van der Waals surface area contributed by atoms with Gasteiger partial charge in [-0.3, -0.25) is 0 Å². The highest BCUT2D eigenvalue weighted by atomic mass is 14.3. The van der Waals surface area contributed by atoms with Crippen molar-refractivity contribution in [3.05, 3.63) is 18.4 Å². The highest BCUT2D eigenvalue weighted by molar-refractivity contribution is 5.55. The van der Waals surface area contributed by atoms with E-state index < -0.39 is 0 Å². The van der Waals surface area contributed by atoms with Gasteiger partial charge in [0.1, 0.15) is 0 Å². The van der Waals surface area contributed by atoms with Crippen LogP contribution in [0.3, 0.4) is 0 Å². The average molecular weight is 53.1 g/mol. The van der Waals surface area contributed by atoms with Crippen LogP contribution in [0.5, 0.6) is 0 Å². The van der Waals surface area contributed by atoms with Crippen molar-refractivity contribution in [2.75, 3.05) is 0 Å². The standard InChI is InChI=1S/C3H3N/c1-2-3-4/h2H,1H2/q-2. The molecule has 0 unspecified atom stereocenters. The third kappa shape index (κ3) is 1.32. The van der Waals surface area contributed by atoms with Gasteiger partial charge in [0.15, 0.2) is 0 Å². The Labute approximate surface area is 25.5 Å². The summed E-state index contributed by atoms with van der Waals surface area (Å²) < 4.78 is 0. The molecule has 0 atom stereocenters. The van der Waals surface area contributed by atoms with Crippen molar-refractivity contribution in [2.45, 2.75) is 0 Å². The van der Waals surface area contributed by atoms with Gasteiger partial charge in [-0.05, 0) is 0 Å². The normalized spacial score (nSPS) is 4.00. The molecule has 0 heterocycles. The van der Waals surface area contributed by atoms with Gasteiger partial charge in [0.25, 0.3) is 0 Å². The van der Waals surface area contributed by atoms with Gasteiger partial charge >= 0.3 is 0 Å². The van der Waals surface area contributed by atoms with Crippen LogP contribution in [0, 0.1) is 6.92 Å². The Bertz CT molecular complexity index is 41.2. The molecule has 0 aliphatic heterocycles. The van der Waals surface area contributed by atoms with Crippen LogP contribution < -0.4 is 0 Å². The van der Waals surface area contributed by atoms with Crippen LogP contribution in [0.25, 0.3) is 5.41 Å². The van der Waals surface area contributed by atoms with E-state index in [1.165, 1.54) is 6.08 Å². The summed E-state index contributed by atoms with van der Waals surface area (Å²) >= 11 is 0. The highest BCUT2D eigenvalue weighted by Gasteiger charge is 0.986. The van der Waals surface area contributed by atoms with Gasteiger partial charge in [-0.1, -0.05) is 0 Å². The van der Waals surface area contributed by atoms with Gasteiger partial charge in [0.2, 0.25) is 0 Å². The molecule has 0 aromatic carbocycles. The van der Waals surface area contributed by atoms with E-state index in [1.54, 1.807) is 5.87 Å². The minimum Gasteiger partial charge on any atom is -0.885 e. The first kappa shape index (κ1) is 3.32. The van der Waals surface area contributed by atoms with Crippen LogP contribution >= 0.6 is 0 Å². The van der Waals surface area contributed by atoms with Crippen molar-refractivity contribution >= 4 is 5.87 Å².